The maximum absolute atomic E-state index is 5.26. The van der Waals surface area contributed by atoms with E-state index in [1.165, 1.54) is 54.4 Å². The average Bonchev–Trinajstić information content (AvgIpc) is 3.79. The first kappa shape index (κ1) is 36.6. The molecule has 0 spiro atoms. The monoisotopic (exact) mass is 800 g/mol. The van der Waals surface area contributed by atoms with Gasteiger partial charge in [0.1, 0.15) is 23.2 Å². The smallest absolute Gasteiger partial charge is 0.131 e. The minimum absolute atomic E-state index is 0.137. The fraction of sp³-hybridized carbons (Fsp3) is 0.0357. The molecule has 0 radical (unpaired) electrons. The molecular formula is C56H40N4S. The Bertz CT molecular complexity index is 3140. The third-order valence-corrected chi connectivity index (χ3v) is 12.7. The zero-order valence-corrected chi connectivity index (χ0v) is 34.1. The van der Waals surface area contributed by atoms with Crippen molar-refractivity contribution in [2.24, 2.45) is 4.99 Å². The molecule has 0 amide bonds. The number of nitrogens with zero attached hydrogens (tertiary/aromatic N) is 2. The number of amidine groups is 1. The van der Waals surface area contributed by atoms with Gasteiger partial charge in [-0.25, -0.2) is 9.98 Å². The van der Waals surface area contributed by atoms with Gasteiger partial charge >= 0.3 is 0 Å². The fourth-order valence-corrected chi connectivity index (χ4v) is 9.45. The number of aliphatic imine (C=N–C) groups is 1. The van der Waals surface area contributed by atoms with Gasteiger partial charge in [-0.15, -0.1) is 11.3 Å². The highest BCUT2D eigenvalue weighted by atomic mass is 32.1. The summed E-state index contributed by atoms with van der Waals surface area (Å²) in [6, 6.07) is 77.9. The Morgan fingerprint density at radius 1 is 0.393 bits per heavy atom. The van der Waals surface area contributed by atoms with Crippen molar-refractivity contribution < 1.29 is 0 Å². The Labute approximate surface area is 359 Å². The Kier molecular flexibility index (Phi) is 9.58. The van der Waals surface area contributed by atoms with Crippen molar-refractivity contribution in [2.75, 3.05) is 0 Å². The first-order chi connectivity index (χ1) is 30.2. The molecule has 10 aromatic rings. The van der Waals surface area contributed by atoms with Gasteiger partial charge in [0.25, 0.3) is 0 Å². The number of hydrogen-bond acceptors (Lipinski definition) is 5. The van der Waals surface area contributed by atoms with Gasteiger partial charge in [-0.2, -0.15) is 0 Å². The molecule has 0 aliphatic carbocycles. The van der Waals surface area contributed by atoms with Gasteiger partial charge in [0.2, 0.25) is 0 Å². The number of nitrogens with one attached hydrogen (secondary N) is 2. The van der Waals surface area contributed by atoms with Crippen LogP contribution in [0.1, 0.15) is 29.0 Å². The second kappa shape index (κ2) is 16.0. The van der Waals surface area contributed by atoms with E-state index in [1.807, 2.05) is 12.1 Å². The van der Waals surface area contributed by atoms with Gasteiger partial charge in [0, 0.05) is 11.1 Å². The molecule has 290 valence electrons. The fourth-order valence-electron chi connectivity index (χ4n) is 8.48. The Hall–Kier alpha value is -7.44. The molecule has 0 saturated heterocycles. The van der Waals surface area contributed by atoms with Crippen LogP contribution in [-0.2, 0) is 0 Å². The van der Waals surface area contributed by atoms with Crippen LogP contribution in [0, 0.1) is 0 Å². The number of fused-ring (bicyclic) bond motifs is 2. The zero-order valence-electron chi connectivity index (χ0n) is 33.2. The number of thiazole rings is 1. The van der Waals surface area contributed by atoms with Gasteiger partial charge in [-0.05, 0) is 84.6 Å². The number of aromatic nitrogens is 1. The Morgan fingerprint density at radius 3 is 1.59 bits per heavy atom. The van der Waals surface area contributed by atoms with Crippen LogP contribution in [0.25, 0.3) is 76.1 Å². The summed E-state index contributed by atoms with van der Waals surface area (Å²) in [6.45, 7) is 0. The first-order valence-electron chi connectivity index (χ1n) is 20.7. The van der Waals surface area contributed by atoms with Crippen molar-refractivity contribution in [3.8, 4) is 55.1 Å². The second-order valence-corrected chi connectivity index (χ2v) is 16.5. The average molecular weight is 801 g/mol. The van der Waals surface area contributed by atoms with Gasteiger partial charge in [-0.1, -0.05) is 200 Å². The molecule has 0 saturated carbocycles. The molecule has 4 nitrogen and oxygen atoms in total. The van der Waals surface area contributed by atoms with E-state index in [2.05, 4.69) is 217 Å². The van der Waals surface area contributed by atoms with Crippen molar-refractivity contribution in [2.45, 2.75) is 12.3 Å². The van der Waals surface area contributed by atoms with E-state index in [0.717, 1.165) is 44.2 Å². The standard InChI is InChI=1S/C56H40N4S/c1-3-12-37(13-4-1)38-26-32-43(33-27-38)54-58-53(42-14-5-2-6-15-42)59-55(60-54)46-17-9-16-45(36-46)48-19-11-20-49-47(18-10-21-50(48)49)41-30-24-39(25-31-41)40-28-34-44(35-29-40)56-57-51-22-7-8-23-52(51)61-56/h1-36,54-55,60H,(H,58,59). The van der Waals surface area contributed by atoms with E-state index >= 15 is 0 Å². The Balaban J connectivity index is 0.880. The minimum Gasteiger partial charge on any atom is -0.350 e. The van der Waals surface area contributed by atoms with Crippen LogP contribution in [0.4, 0.5) is 0 Å². The summed E-state index contributed by atoms with van der Waals surface area (Å²) < 4.78 is 1.21. The molecule has 1 aliphatic heterocycles. The van der Waals surface area contributed by atoms with Crippen LogP contribution in [0.5, 0.6) is 0 Å². The SMILES string of the molecule is c1ccc(C2=NC(c3cccc(-c4cccc5c(-c6ccc(-c7ccc(-c8nc9ccccc9s8)cc7)cc6)cccc45)c3)NC(c3ccc(-c4ccccc4)cc3)N2)cc1. The summed E-state index contributed by atoms with van der Waals surface area (Å²) >= 11 is 1.74. The maximum atomic E-state index is 5.26. The van der Waals surface area contributed by atoms with Crippen LogP contribution in [0.3, 0.4) is 0 Å². The third kappa shape index (κ3) is 7.31. The molecule has 1 aliphatic rings. The van der Waals surface area contributed by atoms with Gasteiger partial charge in [0.15, 0.2) is 0 Å². The van der Waals surface area contributed by atoms with Crippen LogP contribution < -0.4 is 10.6 Å². The van der Waals surface area contributed by atoms with Crippen molar-refractivity contribution >= 4 is 38.2 Å². The van der Waals surface area contributed by atoms with Crippen molar-refractivity contribution in [3.63, 3.8) is 0 Å². The lowest BCUT2D eigenvalue weighted by Crippen LogP contribution is -2.44. The van der Waals surface area contributed by atoms with E-state index in [1.54, 1.807) is 11.3 Å². The van der Waals surface area contributed by atoms with Crippen LogP contribution in [0.2, 0.25) is 0 Å². The molecule has 0 bridgehead atoms. The zero-order chi connectivity index (χ0) is 40.5. The lowest BCUT2D eigenvalue weighted by molar-refractivity contribution is 0.409. The summed E-state index contributed by atoms with van der Waals surface area (Å²) in [7, 11) is 0. The van der Waals surface area contributed by atoms with Crippen molar-refractivity contribution in [1.82, 2.24) is 15.6 Å². The van der Waals surface area contributed by atoms with Crippen molar-refractivity contribution in [1.29, 1.82) is 0 Å². The van der Waals surface area contributed by atoms with Gasteiger partial charge in [-0.3, -0.25) is 5.32 Å². The predicted octanol–water partition coefficient (Wildman–Crippen LogP) is 14.1. The van der Waals surface area contributed by atoms with Gasteiger partial charge in [0.05, 0.1) is 10.2 Å². The summed E-state index contributed by atoms with van der Waals surface area (Å²) in [5, 5.41) is 11.0. The highest BCUT2D eigenvalue weighted by molar-refractivity contribution is 7.21. The predicted molar refractivity (Wildman–Crippen MR) is 255 cm³/mol. The number of benzene rings is 9. The molecule has 0 fully saturated rings. The van der Waals surface area contributed by atoms with Crippen LogP contribution in [-0.4, -0.2) is 10.8 Å². The molecule has 2 unspecified atom stereocenters. The number of hydrogen-bond donors (Lipinski definition) is 2. The molecule has 2 heterocycles. The number of rotatable bonds is 8. The van der Waals surface area contributed by atoms with Crippen LogP contribution in [0.15, 0.2) is 223 Å². The quantitative estimate of drug-likeness (QED) is 0.161. The molecule has 2 N–H and O–H groups in total. The third-order valence-electron chi connectivity index (χ3n) is 11.7. The van der Waals surface area contributed by atoms with E-state index in [9.17, 15) is 0 Å². The Morgan fingerprint density at radius 2 is 0.918 bits per heavy atom. The minimum atomic E-state index is -0.261. The summed E-state index contributed by atoms with van der Waals surface area (Å²) in [4.78, 5) is 10.1. The highest BCUT2D eigenvalue weighted by Crippen LogP contribution is 2.38. The van der Waals surface area contributed by atoms with Gasteiger partial charge < -0.3 is 5.32 Å². The molecule has 2 atom stereocenters. The molecule has 1 aromatic heterocycles. The molecule has 11 rings (SSSR count). The van der Waals surface area contributed by atoms with E-state index < -0.39 is 0 Å². The lowest BCUT2D eigenvalue weighted by atomic mass is 9.91. The molecule has 9 aromatic carbocycles. The van der Waals surface area contributed by atoms with Crippen LogP contribution >= 0.6 is 11.3 Å². The molecule has 61 heavy (non-hydrogen) atoms. The summed E-state index contributed by atoms with van der Waals surface area (Å²) in [5.41, 5.74) is 15.0. The summed E-state index contributed by atoms with van der Waals surface area (Å²) in [6.07, 6.45) is -0.399. The van der Waals surface area contributed by atoms with Crippen molar-refractivity contribution in [3.05, 3.63) is 235 Å². The second-order valence-electron chi connectivity index (χ2n) is 15.5. The van der Waals surface area contributed by atoms with E-state index in [0.29, 0.717) is 0 Å². The molecule has 5 heteroatoms. The first-order valence-corrected chi connectivity index (χ1v) is 21.5. The number of para-hydroxylation sites is 1. The molecular weight excluding hydrogens is 761 g/mol. The van der Waals surface area contributed by atoms with E-state index in [-0.39, 0.29) is 12.3 Å². The lowest BCUT2D eigenvalue weighted by Gasteiger charge is -2.32. The normalized spacial score (nSPS) is 15.0. The highest BCUT2D eigenvalue weighted by Gasteiger charge is 2.26. The summed E-state index contributed by atoms with van der Waals surface area (Å²) in [5.74, 6) is 0.870. The maximum Gasteiger partial charge on any atom is 0.131 e. The topological polar surface area (TPSA) is 49.3 Å². The largest absolute Gasteiger partial charge is 0.350 e. The van der Waals surface area contributed by atoms with E-state index in [4.69, 9.17) is 9.98 Å².